The van der Waals surface area contributed by atoms with Gasteiger partial charge in [-0.1, -0.05) is 12.1 Å². The van der Waals surface area contributed by atoms with Crippen LogP contribution in [0.15, 0.2) is 29.2 Å². The third-order valence-electron chi connectivity index (χ3n) is 3.74. The van der Waals surface area contributed by atoms with E-state index in [0.29, 0.717) is 6.04 Å². The van der Waals surface area contributed by atoms with Gasteiger partial charge in [0.2, 0.25) is 0 Å². The van der Waals surface area contributed by atoms with Crippen molar-refractivity contribution in [3.05, 3.63) is 29.8 Å². The Kier molecular flexibility index (Phi) is 3.59. The molecule has 1 aliphatic heterocycles. The molecule has 1 heterocycles. The van der Waals surface area contributed by atoms with Gasteiger partial charge in [-0.25, -0.2) is 8.70 Å². The van der Waals surface area contributed by atoms with Gasteiger partial charge in [0.05, 0.1) is 6.10 Å². The molecule has 1 aromatic rings. The van der Waals surface area contributed by atoms with E-state index in [4.69, 9.17) is 0 Å². The van der Waals surface area contributed by atoms with E-state index in [1.165, 1.54) is 12.8 Å². The van der Waals surface area contributed by atoms with Gasteiger partial charge in [-0.15, -0.1) is 0 Å². The first-order chi connectivity index (χ1) is 8.76. The van der Waals surface area contributed by atoms with E-state index in [0.717, 1.165) is 29.3 Å². The molecule has 1 aliphatic carbocycles. The first-order valence-electron chi connectivity index (χ1n) is 6.54. The van der Waals surface area contributed by atoms with Crippen LogP contribution in [0.3, 0.4) is 0 Å². The summed E-state index contributed by atoms with van der Waals surface area (Å²) in [7, 11) is 0. The summed E-state index contributed by atoms with van der Waals surface area (Å²) >= 11 is 1.70. The first-order valence-corrected chi connectivity index (χ1v) is 7.31. The van der Waals surface area contributed by atoms with Crippen LogP contribution in [0.2, 0.25) is 0 Å². The predicted octanol–water partition coefficient (Wildman–Crippen LogP) is 3.01. The normalized spacial score (nSPS) is 28.8. The zero-order valence-corrected chi connectivity index (χ0v) is 11.1. The van der Waals surface area contributed by atoms with Crippen molar-refractivity contribution in [1.29, 1.82) is 0 Å². The number of β-amino-alcohol motifs (C(OH)–C–C–N with tert-alkyl or cyclic N) is 1. The number of hydrogen-bond donors (Lipinski definition) is 1. The van der Waals surface area contributed by atoms with Crippen molar-refractivity contribution < 1.29 is 9.50 Å². The molecule has 3 rings (SSSR count). The fourth-order valence-electron chi connectivity index (χ4n) is 2.60. The molecule has 98 valence electrons. The minimum absolute atomic E-state index is 0.187. The fourth-order valence-corrected chi connectivity index (χ4v) is 3.77. The second kappa shape index (κ2) is 5.19. The molecule has 18 heavy (non-hydrogen) atoms. The van der Waals surface area contributed by atoms with Crippen molar-refractivity contribution in [2.45, 2.75) is 43.0 Å². The molecule has 2 atom stereocenters. The van der Waals surface area contributed by atoms with Crippen molar-refractivity contribution in [2.24, 2.45) is 5.92 Å². The molecule has 2 aliphatic rings. The smallest absolute Gasteiger partial charge is 0.115 e. The van der Waals surface area contributed by atoms with Crippen LogP contribution in [0.25, 0.3) is 0 Å². The highest BCUT2D eigenvalue weighted by Gasteiger charge is 2.41. The van der Waals surface area contributed by atoms with E-state index in [1.807, 2.05) is 24.3 Å². The summed E-state index contributed by atoms with van der Waals surface area (Å²) in [6.45, 7) is 0.342. The molecule has 0 bridgehead atoms. The molecular weight excluding hydrogens is 249 g/mol. The van der Waals surface area contributed by atoms with Crippen LogP contribution in [0.5, 0.6) is 0 Å². The average molecular weight is 267 g/mol. The molecule has 2 fully saturated rings. The maximum atomic E-state index is 12.4. The summed E-state index contributed by atoms with van der Waals surface area (Å²) in [5.41, 5.74) is 0.722. The van der Waals surface area contributed by atoms with Gasteiger partial charge < -0.3 is 5.11 Å². The summed E-state index contributed by atoms with van der Waals surface area (Å²) in [4.78, 5) is 1.13. The van der Waals surface area contributed by atoms with Crippen molar-refractivity contribution >= 4 is 11.9 Å². The van der Waals surface area contributed by atoms with Crippen LogP contribution in [0.1, 0.15) is 24.8 Å². The molecule has 0 radical (unpaired) electrons. The molecule has 0 unspecified atom stereocenters. The zero-order valence-electron chi connectivity index (χ0n) is 10.3. The minimum Gasteiger partial charge on any atom is -0.392 e. The second-order valence-corrected chi connectivity index (χ2v) is 6.39. The van der Waals surface area contributed by atoms with Gasteiger partial charge in [0.15, 0.2) is 0 Å². The van der Waals surface area contributed by atoms with Gasteiger partial charge in [-0.3, -0.25) is 0 Å². The predicted molar refractivity (Wildman–Crippen MR) is 71.0 cm³/mol. The number of alkyl halides is 1. The fraction of sp³-hybridized carbons (Fsp3) is 0.571. The highest BCUT2D eigenvalue weighted by atomic mass is 32.2. The molecule has 1 saturated carbocycles. The molecule has 1 N–H and O–H groups in total. The van der Waals surface area contributed by atoms with E-state index in [1.54, 1.807) is 11.9 Å². The van der Waals surface area contributed by atoms with Gasteiger partial charge in [0.1, 0.15) is 6.67 Å². The molecule has 2 nitrogen and oxygen atoms in total. The second-order valence-electron chi connectivity index (χ2n) is 5.26. The average Bonchev–Trinajstić information content (AvgIpc) is 3.15. The summed E-state index contributed by atoms with van der Waals surface area (Å²) in [5, 5.41) is 9.80. The lowest BCUT2D eigenvalue weighted by atomic mass is 10.1. The van der Waals surface area contributed by atoms with Gasteiger partial charge in [-0.2, -0.15) is 0 Å². The lowest BCUT2D eigenvalue weighted by Crippen LogP contribution is -2.24. The zero-order chi connectivity index (χ0) is 12.5. The van der Waals surface area contributed by atoms with Gasteiger partial charge >= 0.3 is 0 Å². The number of benzene rings is 1. The standard InChI is InChI=1S/C14H18FNOS/c15-8-10-1-5-13(6-2-10)18-16-9-12(17)7-14(16)11-3-4-11/h1-2,5-6,11-12,14,17H,3-4,7-9H2/t12-,14+/m1/s1. The Balaban J connectivity index is 1.66. The van der Waals surface area contributed by atoms with E-state index < -0.39 is 6.67 Å². The van der Waals surface area contributed by atoms with Gasteiger partial charge in [-0.05, 0) is 54.8 Å². The molecule has 0 aromatic heterocycles. The van der Waals surface area contributed by atoms with Crippen LogP contribution in [0, 0.1) is 5.92 Å². The summed E-state index contributed by atoms with van der Waals surface area (Å²) in [6, 6.07) is 8.12. The highest BCUT2D eigenvalue weighted by molar-refractivity contribution is 7.97. The monoisotopic (exact) mass is 267 g/mol. The van der Waals surface area contributed by atoms with Crippen LogP contribution in [-0.2, 0) is 6.67 Å². The third kappa shape index (κ3) is 2.71. The first kappa shape index (κ1) is 12.5. The maximum absolute atomic E-state index is 12.4. The Labute approximate surface area is 111 Å². The Morgan fingerprint density at radius 2 is 2.00 bits per heavy atom. The molecular formula is C14H18FNOS. The number of aliphatic hydroxyl groups excluding tert-OH is 1. The third-order valence-corrected chi connectivity index (χ3v) is 4.88. The maximum Gasteiger partial charge on any atom is 0.115 e. The Morgan fingerprint density at radius 3 is 2.61 bits per heavy atom. The van der Waals surface area contributed by atoms with Crippen LogP contribution in [-0.4, -0.2) is 28.1 Å². The topological polar surface area (TPSA) is 23.5 Å². The van der Waals surface area contributed by atoms with E-state index in [9.17, 15) is 9.50 Å². The Morgan fingerprint density at radius 1 is 1.28 bits per heavy atom. The largest absolute Gasteiger partial charge is 0.392 e. The SMILES string of the molecule is O[C@@H]1C[C@@H](C2CC2)N(Sc2ccc(CF)cc2)C1. The Bertz CT molecular complexity index is 407. The number of hydrogen-bond acceptors (Lipinski definition) is 3. The van der Waals surface area contributed by atoms with Crippen molar-refractivity contribution in [2.75, 3.05) is 6.54 Å². The summed E-state index contributed by atoms with van der Waals surface area (Å²) < 4.78 is 14.8. The van der Waals surface area contributed by atoms with E-state index >= 15 is 0 Å². The summed E-state index contributed by atoms with van der Waals surface area (Å²) in [6.07, 6.45) is 3.32. The number of aliphatic hydroxyl groups is 1. The van der Waals surface area contributed by atoms with E-state index in [-0.39, 0.29) is 6.10 Å². The van der Waals surface area contributed by atoms with Crippen LogP contribution >= 0.6 is 11.9 Å². The molecule has 1 saturated heterocycles. The molecule has 4 heteroatoms. The van der Waals surface area contributed by atoms with Crippen molar-refractivity contribution in [1.82, 2.24) is 4.31 Å². The van der Waals surface area contributed by atoms with Crippen LogP contribution < -0.4 is 0 Å². The van der Waals surface area contributed by atoms with E-state index in [2.05, 4.69) is 4.31 Å². The number of halogens is 1. The van der Waals surface area contributed by atoms with Crippen molar-refractivity contribution in [3.8, 4) is 0 Å². The number of nitrogens with zero attached hydrogens (tertiary/aromatic N) is 1. The van der Waals surface area contributed by atoms with Crippen LogP contribution in [0.4, 0.5) is 4.39 Å². The van der Waals surface area contributed by atoms with Gasteiger partial charge in [0.25, 0.3) is 0 Å². The number of rotatable bonds is 4. The van der Waals surface area contributed by atoms with Gasteiger partial charge in [0, 0.05) is 17.5 Å². The Hall–Kier alpha value is -0.580. The lowest BCUT2D eigenvalue weighted by Gasteiger charge is -2.22. The summed E-state index contributed by atoms with van der Waals surface area (Å²) in [5.74, 6) is 0.778. The van der Waals surface area contributed by atoms with Crippen molar-refractivity contribution in [3.63, 3.8) is 0 Å². The molecule has 0 spiro atoms. The lowest BCUT2D eigenvalue weighted by molar-refractivity contribution is 0.189. The minimum atomic E-state index is -0.405. The quantitative estimate of drug-likeness (QED) is 0.848. The highest BCUT2D eigenvalue weighted by Crippen LogP contribution is 2.44. The molecule has 1 aromatic carbocycles. The molecule has 0 amide bonds.